The molecule has 14 heavy (non-hydrogen) atoms. The van der Waals surface area contributed by atoms with Crippen LogP contribution in [0.1, 0.15) is 24.3 Å². The van der Waals surface area contributed by atoms with Crippen LogP contribution in [0.2, 0.25) is 0 Å². The van der Waals surface area contributed by atoms with Crippen LogP contribution in [0.5, 0.6) is 0 Å². The molecule has 1 heterocycles. The molecule has 0 spiro atoms. The molecule has 70 valence electrons. The Morgan fingerprint density at radius 2 is 2.00 bits per heavy atom. The minimum atomic E-state index is -0.161. The molecule has 0 radical (unpaired) electrons. The highest BCUT2D eigenvalue weighted by Crippen LogP contribution is 2.39. The molecule has 1 aliphatic carbocycles. The van der Waals surface area contributed by atoms with Crippen molar-refractivity contribution in [2.45, 2.75) is 18.8 Å². The van der Waals surface area contributed by atoms with Crippen LogP contribution in [0, 0.1) is 0 Å². The van der Waals surface area contributed by atoms with Gasteiger partial charge in [0.1, 0.15) is 5.58 Å². The van der Waals surface area contributed by atoms with Crippen molar-refractivity contribution in [1.29, 1.82) is 0 Å². The Kier molecular flexibility index (Phi) is 1.51. The lowest BCUT2D eigenvalue weighted by atomic mass is 10.1. The van der Waals surface area contributed by atoms with E-state index in [1.54, 1.807) is 0 Å². The topological polar surface area (TPSA) is 30.2 Å². The molecule has 0 aliphatic heterocycles. The minimum Gasteiger partial charge on any atom is -0.423 e. The number of benzene rings is 1. The van der Waals surface area contributed by atoms with Crippen molar-refractivity contribution < 1.29 is 4.42 Å². The van der Waals surface area contributed by atoms with Crippen molar-refractivity contribution in [1.82, 2.24) is 0 Å². The summed E-state index contributed by atoms with van der Waals surface area (Å²) in [5.41, 5.74) is 1.37. The quantitative estimate of drug-likeness (QED) is 0.641. The van der Waals surface area contributed by atoms with Crippen molar-refractivity contribution in [2.24, 2.45) is 0 Å². The number of hydrogen-bond acceptors (Lipinski definition) is 2. The number of hydrogen-bond donors (Lipinski definition) is 0. The first-order chi connectivity index (χ1) is 6.84. The van der Waals surface area contributed by atoms with Crippen LogP contribution in [0.25, 0.3) is 11.0 Å². The Balaban J connectivity index is 2.32. The van der Waals surface area contributed by atoms with Gasteiger partial charge in [0.15, 0.2) is 0 Å². The van der Waals surface area contributed by atoms with Gasteiger partial charge in [-0.15, -0.1) is 0 Å². The minimum absolute atomic E-state index is 0.161. The molecule has 1 aromatic heterocycles. The van der Waals surface area contributed by atoms with Gasteiger partial charge in [0, 0.05) is 10.9 Å². The molecule has 3 rings (SSSR count). The smallest absolute Gasteiger partial charge is 0.339 e. The molecule has 1 saturated carbocycles. The molecule has 0 atom stereocenters. The summed E-state index contributed by atoms with van der Waals surface area (Å²) in [5, 5.41) is 1.02. The second-order valence-corrected chi connectivity index (χ2v) is 3.80. The number of rotatable bonds is 1. The maximum absolute atomic E-state index is 11.5. The summed E-state index contributed by atoms with van der Waals surface area (Å²) in [4.78, 5) is 11.5. The maximum Gasteiger partial charge on any atom is 0.339 e. The van der Waals surface area contributed by atoms with Crippen molar-refractivity contribution >= 4 is 11.0 Å². The van der Waals surface area contributed by atoms with Gasteiger partial charge >= 0.3 is 5.63 Å². The third kappa shape index (κ3) is 1.15. The van der Waals surface area contributed by atoms with Crippen LogP contribution < -0.4 is 5.63 Å². The lowest BCUT2D eigenvalue weighted by molar-refractivity contribution is 0.550. The van der Waals surface area contributed by atoms with E-state index in [4.69, 9.17) is 4.42 Å². The SMILES string of the molecule is O=c1oc2ccccc2cc1C1CC1. The van der Waals surface area contributed by atoms with Gasteiger partial charge in [-0.1, -0.05) is 18.2 Å². The van der Waals surface area contributed by atoms with Crippen LogP contribution in [-0.2, 0) is 0 Å². The zero-order valence-corrected chi connectivity index (χ0v) is 7.69. The Morgan fingerprint density at radius 3 is 2.79 bits per heavy atom. The second kappa shape index (κ2) is 2.71. The molecule has 0 amide bonds. The number of fused-ring (bicyclic) bond motifs is 1. The zero-order chi connectivity index (χ0) is 9.54. The average molecular weight is 186 g/mol. The fraction of sp³-hybridized carbons (Fsp3) is 0.250. The fourth-order valence-electron chi connectivity index (χ4n) is 1.76. The van der Waals surface area contributed by atoms with Crippen molar-refractivity contribution in [2.75, 3.05) is 0 Å². The monoisotopic (exact) mass is 186 g/mol. The van der Waals surface area contributed by atoms with Crippen LogP contribution in [0.4, 0.5) is 0 Å². The first-order valence-corrected chi connectivity index (χ1v) is 4.87. The summed E-state index contributed by atoms with van der Waals surface area (Å²) in [5.74, 6) is 0.454. The molecule has 0 bridgehead atoms. The first-order valence-electron chi connectivity index (χ1n) is 4.87. The van der Waals surface area contributed by atoms with Gasteiger partial charge in [-0.05, 0) is 30.9 Å². The predicted molar refractivity (Wildman–Crippen MR) is 54.5 cm³/mol. The van der Waals surface area contributed by atoms with E-state index in [0.717, 1.165) is 23.8 Å². The van der Waals surface area contributed by atoms with Crippen molar-refractivity contribution in [3.05, 3.63) is 46.3 Å². The fourth-order valence-corrected chi connectivity index (χ4v) is 1.76. The van der Waals surface area contributed by atoms with E-state index in [1.807, 2.05) is 30.3 Å². The molecule has 0 unspecified atom stereocenters. The largest absolute Gasteiger partial charge is 0.423 e. The van der Waals surface area contributed by atoms with Gasteiger partial charge < -0.3 is 4.42 Å². The predicted octanol–water partition coefficient (Wildman–Crippen LogP) is 2.67. The highest BCUT2D eigenvalue weighted by Gasteiger charge is 2.27. The summed E-state index contributed by atoms with van der Waals surface area (Å²) in [6.07, 6.45) is 2.26. The van der Waals surface area contributed by atoms with Crippen molar-refractivity contribution in [3.63, 3.8) is 0 Å². The summed E-state index contributed by atoms with van der Waals surface area (Å²) >= 11 is 0. The van der Waals surface area contributed by atoms with Gasteiger partial charge in [-0.3, -0.25) is 0 Å². The molecular formula is C12H10O2. The molecule has 0 N–H and O–H groups in total. The molecule has 1 fully saturated rings. The standard InChI is InChI=1S/C12H10O2/c13-12-10(8-5-6-8)7-9-3-1-2-4-11(9)14-12/h1-4,7-8H,5-6H2. The molecule has 1 aromatic carbocycles. The van der Waals surface area contributed by atoms with Gasteiger partial charge in [0.05, 0.1) is 0 Å². The van der Waals surface area contributed by atoms with Gasteiger partial charge in [0.25, 0.3) is 0 Å². The molecule has 2 heteroatoms. The van der Waals surface area contributed by atoms with Gasteiger partial charge in [-0.2, -0.15) is 0 Å². The zero-order valence-electron chi connectivity index (χ0n) is 7.69. The van der Waals surface area contributed by atoms with Crippen LogP contribution in [0.3, 0.4) is 0 Å². The summed E-state index contributed by atoms with van der Waals surface area (Å²) < 4.78 is 5.24. The molecule has 0 saturated heterocycles. The lowest BCUT2D eigenvalue weighted by Gasteiger charge is -1.98. The van der Waals surface area contributed by atoms with E-state index in [9.17, 15) is 4.79 Å². The van der Waals surface area contributed by atoms with Gasteiger partial charge in [0.2, 0.25) is 0 Å². The molecule has 2 nitrogen and oxygen atoms in total. The third-order valence-electron chi connectivity index (χ3n) is 2.69. The first kappa shape index (κ1) is 7.80. The highest BCUT2D eigenvalue weighted by atomic mass is 16.4. The molecular weight excluding hydrogens is 176 g/mol. The summed E-state index contributed by atoms with van der Waals surface area (Å²) in [7, 11) is 0. The van der Waals surface area contributed by atoms with E-state index >= 15 is 0 Å². The lowest BCUT2D eigenvalue weighted by Crippen LogP contribution is -2.05. The maximum atomic E-state index is 11.5. The van der Waals surface area contributed by atoms with Crippen LogP contribution in [-0.4, -0.2) is 0 Å². The van der Waals surface area contributed by atoms with E-state index < -0.39 is 0 Å². The Labute approximate surface area is 81.2 Å². The van der Waals surface area contributed by atoms with Gasteiger partial charge in [-0.25, -0.2) is 4.79 Å². The van der Waals surface area contributed by atoms with Crippen molar-refractivity contribution in [3.8, 4) is 0 Å². The highest BCUT2D eigenvalue weighted by molar-refractivity contribution is 5.76. The Bertz CT molecular complexity index is 535. The Morgan fingerprint density at radius 1 is 1.21 bits per heavy atom. The summed E-state index contributed by atoms with van der Waals surface area (Å²) in [6.45, 7) is 0. The molecule has 2 aromatic rings. The van der Waals surface area contributed by atoms with E-state index in [0.29, 0.717) is 11.5 Å². The van der Waals surface area contributed by atoms with Crippen LogP contribution in [0.15, 0.2) is 39.5 Å². The Hall–Kier alpha value is -1.57. The third-order valence-corrected chi connectivity index (χ3v) is 2.69. The normalized spacial score (nSPS) is 16.0. The number of para-hydroxylation sites is 1. The average Bonchev–Trinajstić information content (AvgIpc) is 3.00. The second-order valence-electron chi connectivity index (χ2n) is 3.80. The van der Waals surface area contributed by atoms with E-state index in [2.05, 4.69) is 0 Å². The van der Waals surface area contributed by atoms with E-state index in [-0.39, 0.29) is 5.63 Å². The van der Waals surface area contributed by atoms with Crippen LogP contribution >= 0.6 is 0 Å². The molecule has 1 aliphatic rings. The summed E-state index contributed by atoms with van der Waals surface area (Å²) in [6, 6.07) is 9.61. The van der Waals surface area contributed by atoms with E-state index in [1.165, 1.54) is 0 Å².